The van der Waals surface area contributed by atoms with Gasteiger partial charge in [-0.3, -0.25) is 4.79 Å². The van der Waals surface area contributed by atoms with E-state index in [1.54, 1.807) is 23.9 Å². The first-order valence-electron chi connectivity index (χ1n) is 5.17. The molecular weight excluding hydrogens is 282 g/mol. The molecule has 1 heterocycles. The van der Waals surface area contributed by atoms with Crippen LogP contribution in [0.25, 0.3) is 11.4 Å². The molecule has 0 saturated carbocycles. The van der Waals surface area contributed by atoms with Crippen LogP contribution >= 0.6 is 15.9 Å². The second kappa shape index (κ2) is 4.71. The second-order valence-electron chi connectivity index (χ2n) is 3.74. The Morgan fingerprint density at radius 1 is 1.41 bits per heavy atom. The molecule has 0 bridgehead atoms. The molecule has 0 spiro atoms. The SMILES string of the molecule is CC(C(N)=O)n1ccnc1-c1ccc(Br)cc1. The number of halogens is 1. The fourth-order valence-corrected chi connectivity index (χ4v) is 1.85. The maximum Gasteiger partial charge on any atom is 0.240 e. The largest absolute Gasteiger partial charge is 0.368 e. The normalized spacial score (nSPS) is 12.4. The van der Waals surface area contributed by atoms with Crippen LogP contribution in [0.2, 0.25) is 0 Å². The van der Waals surface area contributed by atoms with Gasteiger partial charge in [0.15, 0.2) is 0 Å². The molecule has 0 aliphatic rings. The number of hydrogen-bond acceptors (Lipinski definition) is 2. The standard InChI is InChI=1S/C12H12BrN3O/c1-8(11(14)17)16-7-6-15-12(16)9-2-4-10(13)5-3-9/h2-8H,1H3,(H2,14,17). The zero-order chi connectivity index (χ0) is 12.4. The second-order valence-corrected chi connectivity index (χ2v) is 4.66. The van der Waals surface area contributed by atoms with Crippen LogP contribution in [0.1, 0.15) is 13.0 Å². The maximum atomic E-state index is 11.2. The van der Waals surface area contributed by atoms with Gasteiger partial charge in [0.1, 0.15) is 11.9 Å². The van der Waals surface area contributed by atoms with Crippen LogP contribution in [0.3, 0.4) is 0 Å². The molecule has 1 atom stereocenters. The van der Waals surface area contributed by atoms with Gasteiger partial charge in [0, 0.05) is 22.4 Å². The van der Waals surface area contributed by atoms with Gasteiger partial charge in [0.05, 0.1) is 0 Å². The summed E-state index contributed by atoms with van der Waals surface area (Å²) in [5, 5.41) is 0. The molecule has 2 N–H and O–H groups in total. The molecule has 0 fully saturated rings. The maximum absolute atomic E-state index is 11.2. The molecule has 88 valence electrons. The first kappa shape index (κ1) is 11.9. The van der Waals surface area contributed by atoms with Crippen LogP contribution in [0.4, 0.5) is 0 Å². The Morgan fingerprint density at radius 2 is 2.06 bits per heavy atom. The van der Waals surface area contributed by atoms with Crippen molar-refractivity contribution in [3.05, 3.63) is 41.1 Å². The number of benzene rings is 1. The predicted octanol–water partition coefficient (Wildman–Crippen LogP) is 2.36. The number of primary amides is 1. The summed E-state index contributed by atoms with van der Waals surface area (Å²) in [4.78, 5) is 15.5. The molecule has 2 aromatic rings. The number of amides is 1. The van der Waals surface area contributed by atoms with Gasteiger partial charge in [-0.1, -0.05) is 28.1 Å². The van der Waals surface area contributed by atoms with E-state index in [1.165, 1.54) is 0 Å². The molecule has 1 amide bonds. The van der Waals surface area contributed by atoms with Crippen LogP contribution in [-0.4, -0.2) is 15.5 Å². The molecule has 2 rings (SSSR count). The van der Waals surface area contributed by atoms with Crippen LogP contribution in [0, 0.1) is 0 Å². The van der Waals surface area contributed by atoms with Crippen molar-refractivity contribution >= 4 is 21.8 Å². The average molecular weight is 294 g/mol. The fourth-order valence-electron chi connectivity index (χ4n) is 1.59. The van der Waals surface area contributed by atoms with Crippen LogP contribution < -0.4 is 5.73 Å². The van der Waals surface area contributed by atoms with E-state index in [-0.39, 0.29) is 5.91 Å². The highest BCUT2D eigenvalue weighted by atomic mass is 79.9. The Labute approximate surface area is 108 Å². The predicted molar refractivity (Wildman–Crippen MR) is 69.3 cm³/mol. The van der Waals surface area contributed by atoms with Gasteiger partial charge in [0.2, 0.25) is 5.91 Å². The van der Waals surface area contributed by atoms with Crippen LogP contribution in [-0.2, 0) is 4.79 Å². The van der Waals surface area contributed by atoms with E-state index in [0.29, 0.717) is 0 Å². The number of carbonyl (C=O) groups excluding carboxylic acids is 1. The van der Waals surface area contributed by atoms with Crippen molar-refractivity contribution in [2.75, 3.05) is 0 Å². The highest BCUT2D eigenvalue weighted by molar-refractivity contribution is 9.10. The molecular formula is C12H12BrN3O. The topological polar surface area (TPSA) is 60.9 Å². The third-order valence-corrected chi connectivity index (χ3v) is 3.13. The Morgan fingerprint density at radius 3 is 2.65 bits per heavy atom. The van der Waals surface area contributed by atoms with Crippen molar-refractivity contribution in [2.45, 2.75) is 13.0 Å². The number of carbonyl (C=O) groups is 1. The van der Waals surface area contributed by atoms with E-state index >= 15 is 0 Å². The summed E-state index contributed by atoms with van der Waals surface area (Å²) < 4.78 is 2.77. The van der Waals surface area contributed by atoms with E-state index < -0.39 is 6.04 Å². The number of nitrogens with zero attached hydrogens (tertiary/aromatic N) is 2. The number of aromatic nitrogens is 2. The number of imidazole rings is 1. The van der Waals surface area contributed by atoms with Crippen molar-refractivity contribution in [3.8, 4) is 11.4 Å². The quantitative estimate of drug-likeness (QED) is 0.944. The van der Waals surface area contributed by atoms with Gasteiger partial charge in [-0.05, 0) is 19.1 Å². The van der Waals surface area contributed by atoms with Gasteiger partial charge in [0.25, 0.3) is 0 Å². The van der Waals surface area contributed by atoms with Crippen LogP contribution in [0.5, 0.6) is 0 Å². The van der Waals surface area contributed by atoms with Crippen molar-refractivity contribution in [3.63, 3.8) is 0 Å². The van der Waals surface area contributed by atoms with E-state index in [1.807, 2.05) is 24.3 Å². The molecule has 1 unspecified atom stereocenters. The Balaban J connectivity index is 2.43. The zero-order valence-electron chi connectivity index (χ0n) is 9.30. The molecule has 5 heteroatoms. The molecule has 0 radical (unpaired) electrons. The van der Waals surface area contributed by atoms with E-state index in [4.69, 9.17) is 5.73 Å². The summed E-state index contributed by atoms with van der Waals surface area (Å²) >= 11 is 3.38. The summed E-state index contributed by atoms with van der Waals surface area (Å²) in [6.45, 7) is 1.76. The molecule has 0 aliphatic carbocycles. The zero-order valence-corrected chi connectivity index (χ0v) is 10.9. The summed E-state index contributed by atoms with van der Waals surface area (Å²) in [6, 6.07) is 7.34. The number of hydrogen-bond donors (Lipinski definition) is 1. The minimum atomic E-state index is -0.406. The molecule has 4 nitrogen and oxygen atoms in total. The highest BCUT2D eigenvalue weighted by Crippen LogP contribution is 2.22. The summed E-state index contributed by atoms with van der Waals surface area (Å²) in [7, 11) is 0. The molecule has 0 aliphatic heterocycles. The smallest absolute Gasteiger partial charge is 0.240 e. The van der Waals surface area contributed by atoms with E-state index in [0.717, 1.165) is 15.9 Å². The van der Waals surface area contributed by atoms with Crippen molar-refractivity contribution in [2.24, 2.45) is 5.73 Å². The fraction of sp³-hybridized carbons (Fsp3) is 0.167. The first-order chi connectivity index (χ1) is 8.09. The lowest BCUT2D eigenvalue weighted by Crippen LogP contribution is -2.24. The number of nitrogens with two attached hydrogens (primary N) is 1. The van der Waals surface area contributed by atoms with E-state index in [9.17, 15) is 4.79 Å². The van der Waals surface area contributed by atoms with Crippen molar-refractivity contribution < 1.29 is 4.79 Å². The molecule has 0 saturated heterocycles. The van der Waals surface area contributed by atoms with Gasteiger partial charge >= 0.3 is 0 Å². The summed E-state index contributed by atoms with van der Waals surface area (Å²) in [5.74, 6) is 0.366. The van der Waals surface area contributed by atoms with E-state index in [2.05, 4.69) is 20.9 Å². The molecule has 17 heavy (non-hydrogen) atoms. The van der Waals surface area contributed by atoms with Gasteiger partial charge in [-0.2, -0.15) is 0 Å². The minimum absolute atomic E-state index is 0.374. The first-order valence-corrected chi connectivity index (χ1v) is 5.97. The Kier molecular flexibility index (Phi) is 3.28. The van der Waals surface area contributed by atoms with Gasteiger partial charge < -0.3 is 10.3 Å². The molecule has 1 aromatic heterocycles. The summed E-state index contributed by atoms with van der Waals surface area (Å²) in [6.07, 6.45) is 3.42. The summed E-state index contributed by atoms with van der Waals surface area (Å²) in [5.41, 5.74) is 6.25. The minimum Gasteiger partial charge on any atom is -0.368 e. The third kappa shape index (κ3) is 2.39. The third-order valence-electron chi connectivity index (χ3n) is 2.60. The highest BCUT2D eigenvalue weighted by Gasteiger charge is 2.15. The monoisotopic (exact) mass is 293 g/mol. The molecule has 1 aromatic carbocycles. The Hall–Kier alpha value is -1.62. The van der Waals surface area contributed by atoms with Crippen LogP contribution in [0.15, 0.2) is 41.1 Å². The number of rotatable bonds is 3. The van der Waals surface area contributed by atoms with Crippen molar-refractivity contribution in [1.82, 2.24) is 9.55 Å². The lowest BCUT2D eigenvalue weighted by molar-refractivity contribution is -0.120. The van der Waals surface area contributed by atoms with Crippen molar-refractivity contribution in [1.29, 1.82) is 0 Å². The van der Waals surface area contributed by atoms with Gasteiger partial charge in [-0.15, -0.1) is 0 Å². The van der Waals surface area contributed by atoms with Gasteiger partial charge in [-0.25, -0.2) is 4.98 Å². The Bertz CT molecular complexity index is 533. The lowest BCUT2D eigenvalue weighted by atomic mass is 10.2. The lowest BCUT2D eigenvalue weighted by Gasteiger charge is -2.12. The average Bonchev–Trinajstić information content (AvgIpc) is 2.77.